The van der Waals surface area contributed by atoms with Gasteiger partial charge in [-0.3, -0.25) is 9.59 Å². The van der Waals surface area contributed by atoms with Gasteiger partial charge >= 0.3 is 0 Å². The lowest BCUT2D eigenvalue weighted by molar-refractivity contribution is -0.113. The number of fused-ring (bicyclic) bond motifs is 2. The number of aryl methyl sites for hydroxylation is 1. The second-order valence-corrected chi connectivity index (χ2v) is 12.5. The first-order chi connectivity index (χ1) is 19.5. The van der Waals surface area contributed by atoms with Crippen LogP contribution in [0.25, 0.3) is 22.6 Å². The van der Waals surface area contributed by atoms with E-state index < -0.39 is 0 Å². The summed E-state index contributed by atoms with van der Waals surface area (Å²) in [5, 5.41) is 16.8. The van der Waals surface area contributed by atoms with Crippen LogP contribution in [-0.2, 0) is 31.2 Å². The first-order valence-electron chi connectivity index (χ1n) is 12.9. The van der Waals surface area contributed by atoms with Gasteiger partial charge in [0.15, 0.2) is 16.7 Å². The average Bonchev–Trinajstić information content (AvgIpc) is 3.65. The molecule has 40 heavy (non-hydrogen) atoms. The van der Waals surface area contributed by atoms with Gasteiger partial charge in [-0.25, -0.2) is 0 Å². The molecule has 0 fully saturated rings. The third-order valence-corrected chi connectivity index (χ3v) is 9.53. The highest BCUT2D eigenvalue weighted by Crippen LogP contribution is 2.38. The van der Waals surface area contributed by atoms with E-state index in [2.05, 4.69) is 36.8 Å². The molecule has 3 heterocycles. The van der Waals surface area contributed by atoms with Crippen molar-refractivity contribution in [2.45, 2.75) is 37.4 Å². The van der Waals surface area contributed by atoms with Gasteiger partial charge in [-0.15, -0.1) is 21.5 Å². The van der Waals surface area contributed by atoms with Crippen molar-refractivity contribution in [2.24, 2.45) is 7.05 Å². The molecule has 0 unspecified atom stereocenters. The number of thioether (sulfide) groups is 1. The summed E-state index contributed by atoms with van der Waals surface area (Å²) in [6.07, 6.45) is 3.93. The smallest absolute Gasteiger partial charge is 0.254 e. The van der Waals surface area contributed by atoms with Crippen LogP contribution in [0.15, 0.2) is 68.6 Å². The number of benzene rings is 2. The summed E-state index contributed by atoms with van der Waals surface area (Å²) in [5.41, 5.74) is 3.46. The van der Waals surface area contributed by atoms with Crippen molar-refractivity contribution >= 4 is 66.8 Å². The molecule has 0 saturated carbocycles. The summed E-state index contributed by atoms with van der Waals surface area (Å²) in [4.78, 5) is 27.5. The van der Waals surface area contributed by atoms with Gasteiger partial charge in [-0.2, -0.15) is 0 Å². The lowest BCUT2D eigenvalue weighted by Gasteiger charge is -2.13. The Bertz CT molecular complexity index is 1710. The van der Waals surface area contributed by atoms with Crippen LogP contribution < -0.4 is 10.6 Å². The van der Waals surface area contributed by atoms with Crippen molar-refractivity contribution in [2.75, 3.05) is 11.1 Å². The molecular weight excluding hydrogens is 610 g/mol. The van der Waals surface area contributed by atoms with E-state index in [9.17, 15) is 9.59 Å². The lowest BCUT2D eigenvalue weighted by atomic mass is 9.95. The number of thiophene rings is 1. The molecule has 6 rings (SSSR count). The summed E-state index contributed by atoms with van der Waals surface area (Å²) in [7, 11) is 1.85. The lowest BCUT2D eigenvalue weighted by Crippen LogP contribution is -2.25. The van der Waals surface area contributed by atoms with Gasteiger partial charge in [0.25, 0.3) is 5.91 Å². The first kappa shape index (κ1) is 26.8. The highest BCUT2D eigenvalue weighted by Gasteiger charge is 2.26. The molecule has 8 nitrogen and oxygen atoms in total. The van der Waals surface area contributed by atoms with E-state index >= 15 is 0 Å². The van der Waals surface area contributed by atoms with Crippen molar-refractivity contribution in [3.05, 3.63) is 80.6 Å². The van der Waals surface area contributed by atoms with E-state index in [0.29, 0.717) is 33.9 Å². The Kier molecular flexibility index (Phi) is 7.77. The summed E-state index contributed by atoms with van der Waals surface area (Å²) >= 11 is 6.29. The van der Waals surface area contributed by atoms with Crippen LogP contribution in [-0.4, -0.2) is 32.3 Å². The maximum atomic E-state index is 13.3. The molecule has 0 spiro atoms. The number of carbonyl (C=O) groups is 2. The molecule has 3 aromatic heterocycles. The topological polar surface area (TPSA) is 102 Å². The number of furan rings is 1. The molecule has 0 bridgehead atoms. The normalized spacial score (nSPS) is 12.8. The number of halogens is 1. The molecule has 0 radical (unpaired) electrons. The van der Waals surface area contributed by atoms with Gasteiger partial charge in [0.1, 0.15) is 10.6 Å². The molecule has 0 aliphatic heterocycles. The van der Waals surface area contributed by atoms with Crippen molar-refractivity contribution < 1.29 is 14.0 Å². The SMILES string of the molecule is Cn1c(SCC(=O)Nc2sc3c(c2C(=O)NCc2ccccc2)CCCC3)nnc1-c1cc2cc(Br)ccc2o1. The Morgan fingerprint density at radius 2 is 1.93 bits per heavy atom. The van der Waals surface area contributed by atoms with Gasteiger partial charge in [-0.05, 0) is 61.1 Å². The maximum Gasteiger partial charge on any atom is 0.254 e. The van der Waals surface area contributed by atoms with Gasteiger partial charge < -0.3 is 19.6 Å². The fourth-order valence-corrected chi connectivity index (χ4v) is 7.23. The molecule has 204 valence electrons. The number of hydrogen-bond acceptors (Lipinski definition) is 7. The fourth-order valence-electron chi connectivity index (χ4n) is 4.83. The zero-order valence-electron chi connectivity index (χ0n) is 21.7. The average molecular weight is 637 g/mol. The second kappa shape index (κ2) is 11.6. The number of anilines is 1. The minimum Gasteiger partial charge on any atom is -0.453 e. The van der Waals surface area contributed by atoms with Gasteiger partial charge in [-0.1, -0.05) is 58.0 Å². The standard InChI is InChI=1S/C29H26BrN5O3S2/c1-35-26(22-14-18-13-19(30)11-12-21(18)38-22)33-34-29(35)39-16-24(36)32-28-25(20-9-5-6-10-23(20)40-28)27(37)31-15-17-7-3-2-4-8-17/h2-4,7-8,11-14H,5-6,9-10,15-16H2,1H3,(H,31,37)(H,32,36). The fraction of sp³-hybridized carbons (Fsp3) is 0.241. The number of hydrogen-bond donors (Lipinski definition) is 2. The summed E-state index contributed by atoms with van der Waals surface area (Å²) in [5.74, 6) is 0.973. The molecule has 5 aromatic rings. The monoisotopic (exact) mass is 635 g/mol. The van der Waals surface area contributed by atoms with Crippen molar-refractivity contribution in [1.29, 1.82) is 0 Å². The molecule has 2 aromatic carbocycles. The Hall–Kier alpha value is -3.41. The van der Waals surface area contributed by atoms with E-state index in [4.69, 9.17) is 4.42 Å². The van der Waals surface area contributed by atoms with E-state index in [0.717, 1.165) is 52.3 Å². The van der Waals surface area contributed by atoms with E-state index in [1.54, 1.807) is 0 Å². The zero-order chi connectivity index (χ0) is 27.6. The maximum absolute atomic E-state index is 13.3. The number of aromatic nitrogens is 3. The highest BCUT2D eigenvalue weighted by molar-refractivity contribution is 9.10. The van der Waals surface area contributed by atoms with E-state index in [-0.39, 0.29) is 17.6 Å². The molecule has 2 N–H and O–H groups in total. The van der Waals surface area contributed by atoms with Crippen LogP contribution in [0.2, 0.25) is 0 Å². The quantitative estimate of drug-likeness (QED) is 0.186. The summed E-state index contributed by atoms with van der Waals surface area (Å²) < 4.78 is 8.75. The number of carbonyl (C=O) groups excluding carboxylic acids is 2. The molecule has 1 aliphatic carbocycles. The Morgan fingerprint density at radius 1 is 1.10 bits per heavy atom. The van der Waals surface area contributed by atoms with Crippen LogP contribution in [0.3, 0.4) is 0 Å². The summed E-state index contributed by atoms with van der Waals surface area (Å²) in [6.45, 7) is 0.435. The molecule has 1 aliphatic rings. The molecular formula is C29H26BrN5O3S2. The minimum atomic E-state index is -0.196. The predicted molar refractivity (Wildman–Crippen MR) is 162 cm³/mol. The Labute approximate surface area is 247 Å². The van der Waals surface area contributed by atoms with Gasteiger partial charge in [0.2, 0.25) is 5.91 Å². The molecule has 0 saturated heterocycles. The third-order valence-electron chi connectivity index (χ3n) is 6.81. The van der Waals surface area contributed by atoms with Gasteiger partial charge in [0, 0.05) is 28.3 Å². The van der Waals surface area contributed by atoms with Crippen LogP contribution in [0, 0.1) is 0 Å². The van der Waals surface area contributed by atoms with Gasteiger partial charge in [0.05, 0.1) is 11.3 Å². The Balaban J connectivity index is 1.14. The molecule has 0 atom stereocenters. The zero-order valence-corrected chi connectivity index (χ0v) is 24.9. The van der Waals surface area contributed by atoms with E-state index in [1.807, 2.05) is 66.2 Å². The van der Waals surface area contributed by atoms with Crippen molar-refractivity contribution in [3.8, 4) is 11.6 Å². The van der Waals surface area contributed by atoms with Crippen LogP contribution >= 0.6 is 39.0 Å². The third kappa shape index (κ3) is 5.59. The number of nitrogens with zero attached hydrogens (tertiary/aromatic N) is 3. The highest BCUT2D eigenvalue weighted by atomic mass is 79.9. The largest absolute Gasteiger partial charge is 0.453 e. The first-order valence-corrected chi connectivity index (χ1v) is 15.5. The summed E-state index contributed by atoms with van der Waals surface area (Å²) in [6, 6.07) is 17.5. The number of nitrogens with one attached hydrogen (secondary N) is 2. The number of rotatable bonds is 8. The van der Waals surface area contributed by atoms with Crippen molar-refractivity contribution in [1.82, 2.24) is 20.1 Å². The second-order valence-electron chi connectivity index (χ2n) is 9.58. The van der Waals surface area contributed by atoms with E-state index in [1.165, 1.54) is 28.0 Å². The van der Waals surface area contributed by atoms with Crippen molar-refractivity contribution in [3.63, 3.8) is 0 Å². The minimum absolute atomic E-state index is 0.132. The Morgan fingerprint density at radius 3 is 2.77 bits per heavy atom. The van der Waals surface area contributed by atoms with Crippen LogP contribution in [0.4, 0.5) is 5.00 Å². The van der Waals surface area contributed by atoms with Crippen LogP contribution in [0.1, 0.15) is 39.2 Å². The number of amides is 2. The molecule has 11 heteroatoms. The molecule has 2 amide bonds. The predicted octanol–water partition coefficient (Wildman–Crippen LogP) is 6.59. The van der Waals surface area contributed by atoms with Crippen LogP contribution in [0.5, 0.6) is 0 Å².